The quantitative estimate of drug-likeness (QED) is 0.347. The van der Waals surface area contributed by atoms with Gasteiger partial charge in [0.2, 0.25) is 0 Å². The van der Waals surface area contributed by atoms with Crippen LogP contribution in [0.1, 0.15) is 49.3 Å². The first-order valence-electron chi connectivity index (χ1n) is 13.3. The number of nitrogens with zero attached hydrogens (tertiary/aromatic N) is 2. The number of fused-ring (bicyclic) bond motifs is 1. The predicted molar refractivity (Wildman–Crippen MR) is 150 cm³/mol. The Morgan fingerprint density at radius 3 is 2.41 bits per heavy atom. The Morgan fingerprint density at radius 1 is 1.07 bits per heavy atom. The van der Waals surface area contributed by atoms with E-state index in [1.165, 1.54) is 18.2 Å². The lowest BCUT2D eigenvalue weighted by Crippen LogP contribution is -2.41. The zero-order valence-corrected chi connectivity index (χ0v) is 23.8. The van der Waals surface area contributed by atoms with E-state index in [9.17, 15) is 22.8 Å². The Morgan fingerprint density at radius 2 is 1.78 bits per heavy atom. The van der Waals surface area contributed by atoms with E-state index >= 15 is 0 Å². The molecule has 1 aliphatic rings. The summed E-state index contributed by atoms with van der Waals surface area (Å²) in [6.07, 6.45) is -4.90. The van der Waals surface area contributed by atoms with Crippen molar-refractivity contribution < 1.29 is 32.2 Å². The number of halogens is 3. The molecule has 2 amide bonds. The maximum atomic E-state index is 13.0. The summed E-state index contributed by atoms with van der Waals surface area (Å²) in [7, 11) is 3.94. The number of aromatic nitrogens is 1. The maximum Gasteiger partial charge on any atom is 0.573 e. The van der Waals surface area contributed by atoms with Gasteiger partial charge in [0.1, 0.15) is 17.0 Å². The molecule has 0 radical (unpaired) electrons. The smallest absolute Gasteiger partial charge is 0.444 e. The van der Waals surface area contributed by atoms with Crippen LogP contribution in [0.5, 0.6) is 5.75 Å². The van der Waals surface area contributed by atoms with Crippen LogP contribution in [-0.4, -0.2) is 60.6 Å². The second kappa shape index (κ2) is 11.9. The van der Waals surface area contributed by atoms with Gasteiger partial charge in [-0.1, -0.05) is 36.4 Å². The van der Waals surface area contributed by atoms with E-state index in [0.717, 1.165) is 17.7 Å². The summed E-state index contributed by atoms with van der Waals surface area (Å²) in [5.41, 5.74) is 3.38. The molecule has 2 heterocycles. The summed E-state index contributed by atoms with van der Waals surface area (Å²) in [5.74, 6) is -0.644. The van der Waals surface area contributed by atoms with E-state index < -0.39 is 18.1 Å². The second-order valence-electron chi connectivity index (χ2n) is 11.3. The van der Waals surface area contributed by atoms with Crippen LogP contribution in [0.2, 0.25) is 0 Å². The number of nitrogens with one attached hydrogen (secondary N) is 2. The van der Waals surface area contributed by atoms with Crippen molar-refractivity contribution in [3.05, 3.63) is 65.9 Å². The van der Waals surface area contributed by atoms with Crippen molar-refractivity contribution in [1.29, 1.82) is 0 Å². The SMILES string of the molecule is CN(C)Cc1ccc(-c2c(-c3cccc(OC(F)(F)F)c3)cc3n2[C@@H](CCNC(=O)OC(C)(C)C)CNC3=O)cc1. The van der Waals surface area contributed by atoms with Crippen LogP contribution in [0.25, 0.3) is 22.4 Å². The molecule has 0 bridgehead atoms. The topological polar surface area (TPSA) is 84.8 Å². The fourth-order valence-electron chi connectivity index (χ4n) is 4.87. The molecular formula is C30H35F3N4O4. The molecule has 41 heavy (non-hydrogen) atoms. The summed E-state index contributed by atoms with van der Waals surface area (Å²) in [6, 6.07) is 15.1. The highest BCUT2D eigenvalue weighted by atomic mass is 19.4. The normalized spacial score (nSPS) is 15.3. The van der Waals surface area contributed by atoms with E-state index in [1.807, 2.05) is 47.8 Å². The molecule has 11 heteroatoms. The first kappa shape index (κ1) is 30.0. The number of alkyl carbamates (subject to hydrolysis) is 1. The number of hydrogen-bond acceptors (Lipinski definition) is 5. The maximum absolute atomic E-state index is 13.0. The van der Waals surface area contributed by atoms with Crippen molar-refractivity contribution >= 4 is 12.0 Å². The molecule has 4 rings (SSSR count). The van der Waals surface area contributed by atoms with Gasteiger partial charge in [0.05, 0.1) is 11.7 Å². The number of benzene rings is 2. The molecule has 0 unspecified atom stereocenters. The van der Waals surface area contributed by atoms with Crippen molar-refractivity contribution in [1.82, 2.24) is 20.1 Å². The molecule has 8 nitrogen and oxygen atoms in total. The average molecular weight is 573 g/mol. The van der Waals surface area contributed by atoms with E-state index in [-0.39, 0.29) is 17.7 Å². The molecule has 3 aromatic rings. The van der Waals surface area contributed by atoms with Gasteiger partial charge < -0.3 is 29.6 Å². The van der Waals surface area contributed by atoms with Crippen molar-refractivity contribution in [3.63, 3.8) is 0 Å². The van der Waals surface area contributed by atoms with Crippen molar-refractivity contribution in [3.8, 4) is 28.1 Å². The van der Waals surface area contributed by atoms with E-state index in [0.29, 0.717) is 42.0 Å². The summed E-state index contributed by atoms with van der Waals surface area (Å²) in [4.78, 5) is 27.3. The van der Waals surface area contributed by atoms with Crippen LogP contribution in [0.15, 0.2) is 54.6 Å². The molecular weight excluding hydrogens is 537 g/mol. The van der Waals surface area contributed by atoms with Crippen molar-refractivity contribution in [2.75, 3.05) is 27.2 Å². The molecule has 220 valence electrons. The number of carbonyl (C=O) groups is 2. The third kappa shape index (κ3) is 7.81. The summed E-state index contributed by atoms with van der Waals surface area (Å²) in [6.45, 7) is 6.68. The van der Waals surface area contributed by atoms with Gasteiger partial charge in [-0.3, -0.25) is 4.79 Å². The zero-order chi connectivity index (χ0) is 29.9. The molecule has 1 aliphatic heterocycles. The van der Waals surface area contributed by atoms with Crippen LogP contribution in [0.3, 0.4) is 0 Å². The second-order valence-corrected chi connectivity index (χ2v) is 11.3. The van der Waals surface area contributed by atoms with Crippen LogP contribution in [-0.2, 0) is 11.3 Å². The number of rotatable bonds is 8. The van der Waals surface area contributed by atoms with Crippen molar-refractivity contribution in [2.24, 2.45) is 0 Å². The van der Waals surface area contributed by atoms with Crippen LogP contribution >= 0.6 is 0 Å². The van der Waals surface area contributed by atoms with Gasteiger partial charge in [0.25, 0.3) is 5.91 Å². The highest BCUT2D eigenvalue weighted by Gasteiger charge is 2.33. The first-order valence-corrected chi connectivity index (χ1v) is 13.3. The number of amides is 2. The van der Waals surface area contributed by atoms with Gasteiger partial charge in [0, 0.05) is 25.2 Å². The van der Waals surface area contributed by atoms with E-state index in [2.05, 4.69) is 15.4 Å². The van der Waals surface area contributed by atoms with Crippen LogP contribution < -0.4 is 15.4 Å². The lowest BCUT2D eigenvalue weighted by Gasteiger charge is -2.29. The number of hydrogen-bond donors (Lipinski definition) is 2. The molecule has 1 atom stereocenters. The molecule has 0 saturated heterocycles. The van der Waals surface area contributed by atoms with Gasteiger partial charge in [-0.2, -0.15) is 0 Å². The Kier molecular flexibility index (Phi) is 8.67. The zero-order valence-electron chi connectivity index (χ0n) is 23.8. The fraction of sp³-hybridized carbons (Fsp3) is 0.400. The van der Waals surface area contributed by atoms with Crippen LogP contribution in [0.4, 0.5) is 18.0 Å². The summed E-state index contributed by atoms with van der Waals surface area (Å²) >= 11 is 0. The van der Waals surface area contributed by atoms with Gasteiger partial charge in [-0.05, 0) is 76.2 Å². The number of carbonyl (C=O) groups excluding carboxylic acids is 2. The standard InChI is InChI=1S/C30H35F3N4O4/c1-29(2,3)41-28(39)34-14-13-22-17-35-27(38)25-16-24(21-7-6-8-23(15-21)40-30(31,32)33)26(37(22)25)20-11-9-19(10-12-20)18-36(4)5/h6-12,15-16,22H,13-14,17-18H2,1-5H3,(H,34,39)(H,35,38)/t22-/m0/s1. The molecule has 2 N–H and O–H groups in total. The summed E-state index contributed by atoms with van der Waals surface area (Å²) in [5, 5.41) is 5.66. The third-order valence-electron chi connectivity index (χ3n) is 6.38. The highest BCUT2D eigenvalue weighted by Crippen LogP contribution is 2.40. The third-order valence-corrected chi connectivity index (χ3v) is 6.38. The minimum absolute atomic E-state index is 0.238. The Bertz CT molecular complexity index is 1390. The highest BCUT2D eigenvalue weighted by molar-refractivity contribution is 5.98. The largest absolute Gasteiger partial charge is 0.573 e. The van der Waals surface area contributed by atoms with Gasteiger partial charge in [0.15, 0.2) is 0 Å². The average Bonchev–Trinajstić information content (AvgIpc) is 3.25. The molecule has 0 aliphatic carbocycles. The molecule has 0 spiro atoms. The first-order chi connectivity index (χ1) is 19.2. The Hall–Kier alpha value is -3.99. The van der Waals surface area contributed by atoms with E-state index in [4.69, 9.17) is 4.74 Å². The minimum atomic E-state index is -4.84. The lowest BCUT2D eigenvalue weighted by molar-refractivity contribution is -0.274. The van der Waals surface area contributed by atoms with Crippen molar-refractivity contribution in [2.45, 2.75) is 51.7 Å². The molecule has 0 fully saturated rings. The van der Waals surface area contributed by atoms with Crippen LogP contribution in [0, 0.1) is 0 Å². The van der Waals surface area contributed by atoms with Gasteiger partial charge in [-0.15, -0.1) is 13.2 Å². The van der Waals surface area contributed by atoms with Gasteiger partial charge in [-0.25, -0.2) is 4.79 Å². The number of ether oxygens (including phenoxy) is 2. The molecule has 0 saturated carbocycles. The minimum Gasteiger partial charge on any atom is -0.444 e. The molecule has 2 aromatic carbocycles. The predicted octanol–water partition coefficient (Wildman–Crippen LogP) is 5.98. The Labute approximate surface area is 237 Å². The summed E-state index contributed by atoms with van der Waals surface area (Å²) < 4.78 is 50.4. The number of alkyl halides is 3. The van der Waals surface area contributed by atoms with E-state index in [1.54, 1.807) is 32.9 Å². The monoisotopic (exact) mass is 572 g/mol. The molecule has 1 aromatic heterocycles. The van der Waals surface area contributed by atoms with Gasteiger partial charge >= 0.3 is 12.5 Å². The lowest BCUT2D eigenvalue weighted by atomic mass is 9.99. The fourth-order valence-corrected chi connectivity index (χ4v) is 4.87. The Balaban J connectivity index is 1.76.